The normalized spacial score (nSPS) is 15.8. The smallest absolute Gasteiger partial charge is 0.248 e. The Morgan fingerprint density at radius 2 is 1.58 bits per heavy atom. The summed E-state index contributed by atoms with van der Waals surface area (Å²) in [5.74, 6) is -0.366. The van der Waals surface area contributed by atoms with Crippen molar-refractivity contribution in [1.82, 2.24) is 4.31 Å². The van der Waals surface area contributed by atoms with Crippen molar-refractivity contribution in [3.63, 3.8) is 0 Å². The van der Waals surface area contributed by atoms with Gasteiger partial charge in [0.15, 0.2) is 0 Å². The van der Waals surface area contributed by atoms with Crippen LogP contribution in [0.25, 0.3) is 6.08 Å². The van der Waals surface area contributed by atoms with Gasteiger partial charge in [0.2, 0.25) is 15.9 Å². The Labute approximate surface area is 154 Å². The number of piperidine rings is 1. The molecule has 26 heavy (non-hydrogen) atoms. The predicted molar refractivity (Wildman–Crippen MR) is 103 cm³/mol. The Morgan fingerprint density at radius 3 is 2.31 bits per heavy atom. The molecule has 0 aromatic heterocycles. The molecule has 0 bridgehead atoms. The molecule has 1 N–H and O–H groups in total. The van der Waals surface area contributed by atoms with E-state index in [2.05, 4.69) is 5.32 Å². The van der Waals surface area contributed by atoms with Crippen molar-refractivity contribution in [3.8, 4) is 0 Å². The van der Waals surface area contributed by atoms with Crippen LogP contribution in [0.5, 0.6) is 0 Å². The zero-order chi connectivity index (χ0) is 18.4. The average molecular weight is 370 g/mol. The van der Waals surface area contributed by atoms with Crippen LogP contribution in [0.15, 0.2) is 65.6 Å². The number of amides is 1. The maximum Gasteiger partial charge on any atom is 0.248 e. The molecule has 1 saturated heterocycles. The molecule has 0 saturated carbocycles. The standard InChI is InChI=1S/C20H22N2O3S/c23-20(14-13-17-9-3-1-4-10-17)21-18-11-5-6-12-19(18)26(24,25)22-15-7-2-8-16-22/h1,3-6,9-14H,2,7-8,15-16H2,(H,21,23). The van der Waals surface area contributed by atoms with Gasteiger partial charge in [-0.25, -0.2) is 8.42 Å². The molecule has 2 aromatic rings. The summed E-state index contributed by atoms with van der Waals surface area (Å²) in [5, 5.41) is 2.69. The highest BCUT2D eigenvalue weighted by atomic mass is 32.2. The second kappa shape index (κ2) is 8.29. The molecule has 5 nitrogen and oxygen atoms in total. The SMILES string of the molecule is O=C(C=Cc1ccccc1)Nc1ccccc1S(=O)(=O)N1CCCCC1. The molecule has 1 aliphatic rings. The lowest BCUT2D eigenvalue weighted by atomic mass is 10.2. The maximum absolute atomic E-state index is 12.9. The molecule has 1 aliphatic heterocycles. The Balaban J connectivity index is 1.79. The summed E-state index contributed by atoms with van der Waals surface area (Å²) in [5.41, 5.74) is 1.21. The number of carbonyl (C=O) groups excluding carboxylic acids is 1. The number of sulfonamides is 1. The summed E-state index contributed by atoms with van der Waals surface area (Å²) in [4.78, 5) is 12.4. The summed E-state index contributed by atoms with van der Waals surface area (Å²) < 4.78 is 27.4. The van der Waals surface area contributed by atoms with Crippen LogP contribution in [-0.2, 0) is 14.8 Å². The number of hydrogen-bond donors (Lipinski definition) is 1. The van der Waals surface area contributed by atoms with Crippen LogP contribution in [0.2, 0.25) is 0 Å². The molecular weight excluding hydrogens is 348 g/mol. The van der Waals surface area contributed by atoms with Crippen LogP contribution < -0.4 is 5.32 Å². The van der Waals surface area contributed by atoms with E-state index in [4.69, 9.17) is 0 Å². The zero-order valence-electron chi connectivity index (χ0n) is 14.5. The Kier molecular flexibility index (Phi) is 5.85. The molecule has 3 rings (SSSR count). The van der Waals surface area contributed by atoms with Crippen LogP contribution >= 0.6 is 0 Å². The number of carbonyl (C=O) groups is 1. The molecule has 2 aromatic carbocycles. The summed E-state index contributed by atoms with van der Waals surface area (Å²) >= 11 is 0. The van der Waals surface area contributed by atoms with Crippen molar-refractivity contribution >= 4 is 27.7 Å². The number of para-hydroxylation sites is 1. The molecule has 0 unspecified atom stereocenters. The second-order valence-corrected chi connectivity index (χ2v) is 8.10. The minimum absolute atomic E-state index is 0.142. The summed E-state index contributed by atoms with van der Waals surface area (Å²) in [7, 11) is -3.61. The fraction of sp³-hybridized carbons (Fsp3) is 0.250. The van der Waals surface area contributed by atoms with E-state index in [1.54, 1.807) is 30.3 Å². The van der Waals surface area contributed by atoms with Crippen molar-refractivity contribution in [1.29, 1.82) is 0 Å². The van der Waals surface area contributed by atoms with Gasteiger partial charge >= 0.3 is 0 Å². The molecule has 6 heteroatoms. The third-order valence-corrected chi connectivity index (χ3v) is 6.26. The summed E-state index contributed by atoms with van der Waals surface area (Å²) in [6.07, 6.45) is 5.88. The number of nitrogens with zero attached hydrogens (tertiary/aromatic N) is 1. The monoisotopic (exact) mass is 370 g/mol. The Hall–Kier alpha value is -2.44. The number of hydrogen-bond acceptors (Lipinski definition) is 3. The van der Waals surface area contributed by atoms with Gasteiger partial charge in [-0.15, -0.1) is 0 Å². The first kappa shape index (κ1) is 18.4. The molecule has 0 radical (unpaired) electrons. The molecule has 0 spiro atoms. The maximum atomic E-state index is 12.9. The number of anilines is 1. The highest BCUT2D eigenvalue weighted by Gasteiger charge is 2.28. The minimum atomic E-state index is -3.61. The molecule has 0 aliphatic carbocycles. The van der Waals surface area contributed by atoms with Crippen LogP contribution in [0.3, 0.4) is 0 Å². The minimum Gasteiger partial charge on any atom is -0.321 e. The third-order valence-electron chi connectivity index (χ3n) is 4.30. The number of rotatable bonds is 5. The molecular formula is C20H22N2O3S. The summed E-state index contributed by atoms with van der Waals surface area (Å²) in [6.45, 7) is 1.05. The van der Waals surface area contributed by atoms with Crippen molar-refractivity contribution in [2.24, 2.45) is 0 Å². The van der Waals surface area contributed by atoms with Gasteiger partial charge in [0.05, 0.1) is 5.69 Å². The van der Waals surface area contributed by atoms with Crippen molar-refractivity contribution in [3.05, 3.63) is 66.2 Å². The van der Waals surface area contributed by atoms with Gasteiger partial charge in [-0.1, -0.05) is 48.9 Å². The highest BCUT2D eigenvalue weighted by Crippen LogP contribution is 2.26. The van der Waals surface area contributed by atoms with Gasteiger partial charge < -0.3 is 5.32 Å². The van der Waals surface area contributed by atoms with Gasteiger partial charge in [-0.05, 0) is 36.6 Å². The van der Waals surface area contributed by atoms with Crippen molar-refractivity contribution < 1.29 is 13.2 Å². The van der Waals surface area contributed by atoms with Crippen LogP contribution in [0, 0.1) is 0 Å². The molecule has 1 heterocycles. The van der Waals surface area contributed by atoms with E-state index in [-0.39, 0.29) is 10.8 Å². The van der Waals surface area contributed by atoms with Gasteiger partial charge in [0.1, 0.15) is 4.90 Å². The molecule has 0 atom stereocenters. The zero-order valence-corrected chi connectivity index (χ0v) is 15.3. The first-order valence-corrected chi connectivity index (χ1v) is 10.1. The summed E-state index contributed by atoms with van der Waals surface area (Å²) in [6, 6.07) is 16.0. The van der Waals surface area contributed by atoms with E-state index in [0.29, 0.717) is 18.8 Å². The lowest BCUT2D eigenvalue weighted by Crippen LogP contribution is -2.36. The van der Waals surface area contributed by atoms with Crippen LogP contribution in [-0.4, -0.2) is 31.7 Å². The van der Waals surface area contributed by atoms with Gasteiger partial charge in [0.25, 0.3) is 0 Å². The highest BCUT2D eigenvalue weighted by molar-refractivity contribution is 7.89. The fourth-order valence-electron chi connectivity index (χ4n) is 2.95. The molecule has 136 valence electrons. The number of nitrogens with one attached hydrogen (secondary N) is 1. The topological polar surface area (TPSA) is 66.5 Å². The Bertz CT molecular complexity index is 886. The second-order valence-electron chi connectivity index (χ2n) is 6.19. The lowest BCUT2D eigenvalue weighted by Gasteiger charge is -2.26. The fourth-order valence-corrected chi connectivity index (χ4v) is 4.61. The van der Waals surface area contributed by atoms with E-state index in [9.17, 15) is 13.2 Å². The van der Waals surface area contributed by atoms with Crippen molar-refractivity contribution in [2.45, 2.75) is 24.2 Å². The van der Waals surface area contributed by atoms with Gasteiger partial charge in [-0.2, -0.15) is 4.31 Å². The third kappa shape index (κ3) is 4.39. The largest absolute Gasteiger partial charge is 0.321 e. The van der Waals surface area contributed by atoms with Crippen LogP contribution in [0.4, 0.5) is 5.69 Å². The lowest BCUT2D eigenvalue weighted by molar-refractivity contribution is -0.111. The first-order valence-electron chi connectivity index (χ1n) is 8.71. The Morgan fingerprint density at radius 1 is 0.923 bits per heavy atom. The van der Waals surface area contributed by atoms with Crippen molar-refractivity contribution in [2.75, 3.05) is 18.4 Å². The molecule has 1 fully saturated rings. The van der Waals surface area contributed by atoms with E-state index in [1.807, 2.05) is 30.3 Å². The van der Waals surface area contributed by atoms with E-state index in [1.165, 1.54) is 10.4 Å². The predicted octanol–water partition coefficient (Wildman–Crippen LogP) is 3.51. The number of benzene rings is 2. The molecule has 1 amide bonds. The first-order chi connectivity index (χ1) is 12.6. The van der Waals surface area contributed by atoms with E-state index in [0.717, 1.165) is 24.8 Å². The van der Waals surface area contributed by atoms with Gasteiger partial charge in [0, 0.05) is 19.2 Å². The average Bonchev–Trinajstić information content (AvgIpc) is 2.68. The van der Waals surface area contributed by atoms with E-state index >= 15 is 0 Å². The van der Waals surface area contributed by atoms with E-state index < -0.39 is 10.0 Å². The van der Waals surface area contributed by atoms with Gasteiger partial charge in [-0.3, -0.25) is 4.79 Å². The quantitative estimate of drug-likeness (QED) is 0.819. The van der Waals surface area contributed by atoms with Crippen LogP contribution in [0.1, 0.15) is 24.8 Å².